The van der Waals surface area contributed by atoms with Crippen molar-refractivity contribution >= 4 is 35.3 Å². The Kier molecular flexibility index (Phi) is 19.8. The van der Waals surface area contributed by atoms with Crippen molar-refractivity contribution in [1.82, 2.24) is 25.3 Å². The van der Waals surface area contributed by atoms with Crippen molar-refractivity contribution in [3.63, 3.8) is 0 Å². The summed E-state index contributed by atoms with van der Waals surface area (Å²) in [4.78, 5) is 86.6. The highest BCUT2D eigenvalue weighted by molar-refractivity contribution is 6.00. The molecule has 0 bridgehead atoms. The van der Waals surface area contributed by atoms with E-state index in [0.29, 0.717) is 36.1 Å². The number of carbonyl (C=O) groups excluding carboxylic acids is 6. The molecule has 0 saturated carbocycles. The van der Waals surface area contributed by atoms with E-state index in [-0.39, 0.29) is 53.7 Å². The number of ketones is 1. The molecule has 2 aromatic rings. The van der Waals surface area contributed by atoms with Crippen LogP contribution in [0.2, 0.25) is 0 Å². The Morgan fingerprint density at radius 2 is 1.40 bits per heavy atom. The Bertz CT molecular complexity index is 1810. The fourth-order valence-corrected chi connectivity index (χ4v) is 8.75. The SMILES string of the molecule is CC[C@H](C)C(C(CC(=O)N1CCCC1C(OC)C(C)C(=O)NC(C)C(O)c1ccccc1)OC)N(C)C(=O)[C@@H](NC(=O)C(C(C)C)N(C)C(=O)c1ccc(C(C)=O)cc1)C(C)C. The van der Waals surface area contributed by atoms with Gasteiger partial charge in [-0.2, -0.15) is 0 Å². The molecule has 0 aromatic heterocycles. The van der Waals surface area contributed by atoms with E-state index in [1.54, 1.807) is 74.1 Å². The summed E-state index contributed by atoms with van der Waals surface area (Å²) in [5.74, 6) is -3.22. The minimum Gasteiger partial charge on any atom is -0.386 e. The van der Waals surface area contributed by atoms with Gasteiger partial charge in [0.15, 0.2) is 5.78 Å². The molecule has 0 radical (unpaired) electrons. The van der Waals surface area contributed by atoms with Gasteiger partial charge in [0.2, 0.25) is 23.6 Å². The predicted molar refractivity (Wildman–Crippen MR) is 239 cm³/mol. The minimum absolute atomic E-state index is 0.0363. The third-order valence-electron chi connectivity index (χ3n) is 12.6. The number of hydrogen-bond donors (Lipinski definition) is 3. The van der Waals surface area contributed by atoms with Crippen LogP contribution in [0, 0.1) is 23.7 Å². The summed E-state index contributed by atoms with van der Waals surface area (Å²) in [6, 6.07) is 12.0. The number of carbonyl (C=O) groups is 6. The van der Waals surface area contributed by atoms with Crippen LogP contribution in [-0.2, 0) is 28.7 Å². The van der Waals surface area contributed by atoms with Gasteiger partial charge in [-0.3, -0.25) is 28.8 Å². The standard InChI is InChI=1S/C48H73N5O9/c1-14-30(6)42(52(11)48(60)40(28(2)3)50-46(58)41(29(4)5)51(10)47(59)36-24-22-34(23-25-36)33(9)54)38(61-12)27-39(55)53-26-18-21-37(53)44(62-13)31(7)45(57)49-32(8)43(56)35-19-16-15-17-20-35/h15-17,19-20,22-25,28-32,37-38,40-44,56H,14,18,21,26-27H2,1-13H3,(H,49,57)(H,50,58)/t30-,31?,32?,37?,38?,40-,41?,42?,43?,44?/m0/s1. The number of nitrogens with one attached hydrogen (secondary N) is 2. The molecule has 1 heterocycles. The number of Topliss-reactive ketones (excluding diaryl/α,β-unsaturated/α-hetero) is 1. The number of likely N-dealkylation sites (tertiary alicyclic amines) is 1. The fourth-order valence-electron chi connectivity index (χ4n) is 8.75. The second-order valence-corrected chi connectivity index (χ2v) is 17.7. The smallest absolute Gasteiger partial charge is 0.254 e. The Morgan fingerprint density at radius 1 is 0.806 bits per heavy atom. The van der Waals surface area contributed by atoms with Crippen molar-refractivity contribution in [2.75, 3.05) is 34.9 Å². The topological polar surface area (TPSA) is 175 Å². The summed E-state index contributed by atoms with van der Waals surface area (Å²) in [5, 5.41) is 16.8. The van der Waals surface area contributed by atoms with Crippen molar-refractivity contribution in [1.29, 1.82) is 0 Å². The third-order valence-corrected chi connectivity index (χ3v) is 12.6. The van der Waals surface area contributed by atoms with Crippen molar-refractivity contribution < 1.29 is 43.3 Å². The van der Waals surface area contributed by atoms with Crippen LogP contribution in [0.4, 0.5) is 0 Å². The van der Waals surface area contributed by atoms with E-state index >= 15 is 0 Å². The second-order valence-electron chi connectivity index (χ2n) is 17.7. The average Bonchev–Trinajstić information content (AvgIpc) is 3.74. The molecule has 62 heavy (non-hydrogen) atoms. The maximum Gasteiger partial charge on any atom is 0.254 e. The van der Waals surface area contributed by atoms with Gasteiger partial charge in [-0.1, -0.05) is 97.4 Å². The lowest BCUT2D eigenvalue weighted by atomic mass is 9.89. The highest BCUT2D eigenvalue weighted by Gasteiger charge is 2.43. The number of likely N-dealkylation sites (N-methyl/N-ethyl adjacent to an activating group) is 2. The maximum absolute atomic E-state index is 14.5. The van der Waals surface area contributed by atoms with Gasteiger partial charge >= 0.3 is 0 Å². The average molecular weight is 864 g/mol. The van der Waals surface area contributed by atoms with E-state index in [1.165, 1.54) is 26.0 Å². The summed E-state index contributed by atoms with van der Waals surface area (Å²) < 4.78 is 12.0. The molecular formula is C48H73N5O9. The highest BCUT2D eigenvalue weighted by Crippen LogP contribution is 2.30. The molecule has 1 aliphatic rings. The van der Waals surface area contributed by atoms with Gasteiger partial charge in [-0.15, -0.1) is 0 Å². The number of nitrogens with zero attached hydrogens (tertiary/aromatic N) is 3. The summed E-state index contributed by atoms with van der Waals surface area (Å²) >= 11 is 0. The van der Waals surface area contributed by atoms with Gasteiger partial charge < -0.3 is 39.9 Å². The number of rotatable bonds is 22. The van der Waals surface area contributed by atoms with Crippen LogP contribution in [-0.4, -0.2) is 132 Å². The van der Waals surface area contributed by atoms with Crippen LogP contribution in [0.15, 0.2) is 54.6 Å². The Hall–Kier alpha value is -4.66. The first-order valence-corrected chi connectivity index (χ1v) is 22.1. The number of ether oxygens (including phenoxy) is 2. The molecule has 3 rings (SSSR count). The molecular weight excluding hydrogens is 791 g/mol. The zero-order chi connectivity index (χ0) is 46.6. The summed E-state index contributed by atoms with van der Waals surface area (Å²) in [5.41, 5.74) is 1.49. The quantitative estimate of drug-likeness (QED) is 0.133. The first-order chi connectivity index (χ1) is 29.2. The zero-order valence-corrected chi connectivity index (χ0v) is 39.2. The zero-order valence-electron chi connectivity index (χ0n) is 39.2. The first kappa shape index (κ1) is 51.7. The van der Waals surface area contributed by atoms with Gasteiger partial charge in [0.05, 0.1) is 48.8 Å². The molecule has 14 nitrogen and oxygen atoms in total. The summed E-state index contributed by atoms with van der Waals surface area (Å²) in [6.07, 6.45) is -0.241. The van der Waals surface area contributed by atoms with Gasteiger partial charge in [0.25, 0.3) is 5.91 Å². The molecule has 344 valence electrons. The van der Waals surface area contributed by atoms with Gasteiger partial charge in [0, 0.05) is 46.0 Å². The summed E-state index contributed by atoms with van der Waals surface area (Å²) in [7, 11) is 6.29. The van der Waals surface area contributed by atoms with E-state index in [4.69, 9.17) is 9.47 Å². The molecule has 10 atom stereocenters. The monoisotopic (exact) mass is 864 g/mol. The van der Waals surface area contributed by atoms with Crippen LogP contribution in [0.3, 0.4) is 0 Å². The maximum atomic E-state index is 14.5. The van der Waals surface area contributed by atoms with Crippen molar-refractivity contribution in [3.05, 3.63) is 71.3 Å². The number of aliphatic hydroxyl groups excluding tert-OH is 1. The van der Waals surface area contributed by atoms with Gasteiger partial charge in [-0.25, -0.2) is 0 Å². The normalized spacial score (nSPS) is 18.5. The lowest BCUT2D eigenvalue weighted by molar-refractivity contribution is -0.148. The van der Waals surface area contributed by atoms with Crippen LogP contribution in [0.25, 0.3) is 0 Å². The predicted octanol–water partition coefficient (Wildman–Crippen LogP) is 5.29. The molecule has 0 spiro atoms. The van der Waals surface area contributed by atoms with E-state index < -0.39 is 60.2 Å². The van der Waals surface area contributed by atoms with Gasteiger partial charge in [-0.05, 0) is 62.1 Å². The molecule has 2 aromatic carbocycles. The van der Waals surface area contributed by atoms with E-state index in [1.807, 2.05) is 59.7 Å². The summed E-state index contributed by atoms with van der Waals surface area (Å²) in [6.45, 7) is 16.8. The van der Waals surface area contributed by atoms with E-state index in [0.717, 1.165) is 6.42 Å². The second kappa shape index (κ2) is 23.7. The number of hydrogen-bond acceptors (Lipinski definition) is 9. The Morgan fingerprint density at radius 3 is 1.92 bits per heavy atom. The molecule has 5 amide bonds. The van der Waals surface area contributed by atoms with Crippen LogP contribution < -0.4 is 10.6 Å². The number of amides is 5. The lowest BCUT2D eigenvalue weighted by Crippen LogP contribution is -2.60. The van der Waals surface area contributed by atoms with E-state index in [2.05, 4.69) is 10.6 Å². The van der Waals surface area contributed by atoms with Crippen LogP contribution >= 0.6 is 0 Å². The fraction of sp³-hybridized carbons (Fsp3) is 0.625. The number of methoxy groups -OCH3 is 2. The molecule has 1 fully saturated rings. The van der Waals surface area contributed by atoms with Crippen molar-refractivity contribution in [3.8, 4) is 0 Å². The van der Waals surface area contributed by atoms with E-state index in [9.17, 15) is 33.9 Å². The molecule has 3 N–H and O–H groups in total. The van der Waals surface area contributed by atoms with Crippen molar-refractivity contribution in [2.45, 2.75) is 137 Å². The number of aliphatic hydroxyl groups is 1. The van der Waals surface area contributed by atoms with Crippen molar-refractivity contribution in [2.24, 2.45) is 23.7 Å². The van der Waals surface area contributed by atoms with Gasteiger partial charge in [0.1, 0.15) is 12.1 Å². The van der Waals surface area contributed by atoms with Crippen LogP contribution in [0.1, 0.15) is 120 Å². The highest BCUT2D eigenvalue weighted by atomic mass is 16.5. The largest absolute Gasteiger partial charge is 0.386 e. The third kappa shape index (κ3) is 12.7. The minimum atomic E-state index is -0.957. The molecule has 14 heteroatoms. The molecule has 0 aliphatic carbocycles. The molecule has 1 aliphatic heterocycles. The first-order valence-electron chi connectivity index (χ1n) is 22.1. The Labute approximate surface area is 369 Å². The molecule has 8 unspecified atom stereocenters. The lowest BCUT2D eigenvalue weighted by Gasteiger charge is -2.41. The molecule has 1 saturated heterocycles. The van der Waals surface area contributed by atoms with Crippen LogP contribution in [0.5, 0.6) is 0 Å². The Balaban J connectivity index is 1.79. The number of benzene rings is 2.